The van der Waals surface area contributed by atoms with E-state index in [4.69, 9.17) is 9.47 Å². The molecule has 1 aliphatic rings. The fraction of sp³-hybridized carbons (Fsp3) is 0.438. The Bertz CT molecular complexity index is 1420. The third-order valence-electron chi connectivity index (χ3n) is 7.45. The lowest BCUT2D eigenvalue weighted by Gasteiger charge is -2.41. The van der Waals surface area contributed by atoms with Crippen LogP contribution in [0.4, 0.5) is 0 Å². The van der Waals surface area contributed by atoms with Gasteiger partial charge in [0.2, 0.25) is 11.8 Å². The molecule has 0 saturated heterocycles. The molecule has 1 aliphatic carbocycles. The van der Waals surface area contributed by atoms with E-state index in [0.717, 1.165) is 16.6 Å². The van der Waals surface area contributed by atoms with Gasteiger partial charge in [-0.2, -0.15) is 0 Å². The number of methoxy groups -OCH3 is 1. The van der Waals surface area contributed by atoms with Crippen molar-refractivity contribution < 1.29 is 34.4 Å². The number of rotatable bonds is 13. The standard InChI is InChI=1S/C32H40IN3O7/c1-19(2)12-29(39)36(10-8-23-15-21-6-4-5-7-25(21)35-23)26-16-22(32(41)34-9-11-37)17-27(30(26)40)43-31-24(33)13-20(18-38)14-28(31)42-3/h4-7,13-15,17,19,26-27,30,35,37-38,40H,8-12,16,18H2,1-3H3,(H,34,41)/t26-,27+,30+/m1/s1. The maximum atomic E-state index is 13.7. The van der Waals surface area contributed by atoms with Gasteiger partial charge in [0.25, 0.3) is 0 Å². The van der Waals surface area contributed by atoms with Crippen molar-refractivity contribution in [3.63, 3.8) is 0 Å². The van der Waals surface area contributed by atoms with Gasteiger partial charge < -0.3 is 40.0 Å². The number of halogens is 1. The normalized spacial score (nSPS) is 18.4. The lowest BCUT2D eigenvalue weighted by molar-refractivity contribution is -0.139. The van der Waals surface area contributed by atoms with Crippen LogP contribution in [-0.4, -0.2) is 82.1 Å². The lowest BCUT2D eigenvalue weighted by Crippen LogP contribution is -2.55. The van der Waals surface area contributed by atoms with Crippen molar-refractivity contribution in [3.8, 4) is 11.5 Å². The van der Waals surface area contributed by atoms with E-state index in [2.05, 4.69) is 39.0 Å². The summed E-state index contributed by atoms with van der Waals surface area (Å²) < 4.78 is 12.5. The number of carbonyl (C=O) groups is 2. The molecule has 0 radical (unpaired) electrons. The monoisotopic (exact) mass is 705 g/mol. The highest BCUT2D eigenvalue weighted by atomic mass is 127. The van der Waals surface area contributed by atoms with Gasteiger partial charge in [-0.15, -0.1) is 0 Å². The Labute approximate surface area is 265 Å². The van der Waals surface area contributed by atoms with Gasteiger partial charge in [-0.05, 0) is 69.8 Å². The van der Waals surface area contributed by atoms with Crippen molar-refractivity contribution in [2.45, 2.75) is 58.0 Å². The van der Waals surface area contributed by atoms with Crippen LogP contribution >= 0.6 is 22.6 Å². The molecule has 232 valence electrons. The van der Waals surface area contributed by atoms with E-state index >= 15 is 0 Å². The molecule has 11 heteroatoms. The lowest BCUT2D eigenvalue weighted by atomic mass is 9.87. The molecule has 0 saturated carbocycles. The largest absolute Gasteiger partial charge is 0.493 e. The molecule has 43 heavy (non-hydrogen) atoms. The van der Waals surface area contributed by atoms with Crippen molar-refractivity contribution in [2.75, 3.05) is 26.8 Å². The van der Waals surface area contributed by atoms with E-state index in [1.54, 1.807) is 23.1 Å². The quantitative estimate of drug-likeness (QED) is 0.172. The maximum absolute atomic E-state index is 13.7. The van der Waals surface area contributed by atoms with Crippen LogP contribution in [0.3, 0.4) is 0 Å². The number of hydrogen-bond donors (Lipinski definition) is 5. The summed E-state index contributed by atoms with van der Waals surface area (Å²) in [5.41, 5.74) is 2.95. The first-order valence-electron chi connectivity index (χ1n) is 14.4. The van der Waals surface area contributed by atoms with Crippen LogP contribution in [0.25, 0.3) is 10.9 Å². The third-order valence-corrected chi connectivity index (χ3v) is 8.25. The minimum absolute atomic E-state index is 0.0691. The number of aliphatic hydroxyl groups excluding tert-OH is 3. The number of hydrogen-bond acceptors (Lipinski definition) is 7. The van der Waals surface area contributed by atoms with Crippen molar-refractivity contribution in [1.82, 2.24) is 15.2 Å². The molecular weight excluding hydrogens is 665 g/mol. The van der Waals surface area contributed by atoms with Crippen LogP contribution in [0.15, 0.2) is 54.1 Å². The van der Waals surface area contributed by atoms with E-state index in [0.29, 0.717) is 39.2 Å². The van der Waals surface area contributed by atoms with Crippen molar-refractivity contribution >= 4 is 45.3 Å². The number of aliphatic hydroxyl groups is 3. The topological polar surface area (TPSA) is 144 Å². The fourth-order valence-electron chi connectivity index (χ4n) is 5.35. The molecule has 10 nitrogen and oxygen atoms in total. The average molecular weight is 706 g/mol. The zero-order valence-electron chi connectivity index (χ0n) is 24.7. The second-order valence-corrected chi connectivity index (χ2v) is 12.3. The second kappa shape index (κ2) is 15.0. The van der Waals surface area contributed by atoms with Crippen LogP contribution in [0.2, 0.25) is 0 Å². The summed E-state index contributed by atoms with van der Waals surface area (Å²) in [7, 11) is 1.49. The number of carbonyl (C=O) groups excluding carboxylic acids is 2. The fourth-order valence-corrected chi connectivity index (χ4v) is 6.14. The highest BCUT2D eigenvalue weighted by molar-refractivity contribution is 14.1. The van der Waals surface area contributed by atoms with Gasteiger partial charge in [0.05, 0.1) is 29.9 Å². The first-order chi connectivity index (χ1) is 20.6. The Morgan fingerprint density at radius 1 is 1.19 bits per heavy atom. The number of nitrogens with zero attached hydrogens (tertiary/aromatic N) is 1. The Morgan fingerprint density at radius 2 is 1.95 bits per heavy atom. The zero-order valence-corrected chi connectivity index (χ0v) is 26.8. The number of fused-ring (bicyclic) bond motifs is 1. The number of aromatic nitrogens is 1. The molecule has 5 N–H and O–H groups in total. The highest BCUT2D eigenvalue weighted by Crippen LogP contribution is 2.37. The van der Waals surface area contributed by atoms with Crippen LogP contribution in [-0.2, 0) is 22.6 Å². The SMILES string of the molecule is COc1cc(CO)cc(I)c1O[C@H]1C=C(C(=O)NCCO)C[C@@H](N(CCc2cc3ccccc3[nH]2)C(=O)CC(C)C)[C@@H]1O. The summed E-state index contributed by atoms with van der Waals surface area (Å²) in [6.07, 6.45) is 0.353. The minimum Gasteiger partial charge on any atom is -0.493 e. The molecule has 0 bridgehead atoms. The summed E-state index contributed by atoms with van der Waals surface area (Å²) in [6, 6.07) is 12.7. The van der Waals surface area contributed by atoms with Crippen molar-refractivity contribution in [2.24, 2.45) is 5.92 Å². The van der Waals surface area contributed by atoms with E-state index in [1.165, 1.54) is 7.11 Å². The summed E-state index contributed by atoms with van der Waals surface area (Å²) in [6.45, 7) is 3.92. The van der Waals surface area contributed by atoms with Gasteiger partial charge in [0, 0.05) is 49.1 Å². The van der Waals surface area contributed by atoms with Crippen LogP contribution in [0.1, 0.15) is 37.9 Å². The molecule has 3 atom stereocenters. The predicted octanol–water partition coefficient (Wildman–Crippen LogP) is 3.31. The molecule has 2 amide bonds. The number of benzene rings is 2. The smallest absolute Gasteiger partial charge is 0.247 e. The van der Waals surface area contributed by atoms with Gasteiger partial charge in [0.1, 0.15) is 12.2 Å². The third kappa shape index (κ3) is 8.08. The van der Waals surface area contributed by atoms with Crippen LogP contribution in [0, 0.1) is 9.49 Å². The molecule has 3 aromatic rings. The molecule has 4 rings (SSSR count). The van der Waals surface area contributed by atoms with Gasteiger partial charge in [-0.3, -0.25) is 9.59 Å². The molecule has 0 fully saturated rings. The number of ether oxygens (including phenoxy) is 2. The molecule has 2 aromatic carbocycles. The van der Waals surface area contributed by atoms with Gasteiger partial charge in [0.15, 0.2) is 11.5 Å². The highest BCUT2D eigenvalue weighted by Gasteiger charge is 2.41. The number of aromatic amines is 1. The summed E-state index contributed by atoms with van der Waals surface area (Å²) >= 11 is 2.07. The molecule has 0 aliphatic heterocycles. The zero-order chi connectivity index (χ0) is 31.1. The Balaban J connectivity index is 1.68. The molecule has 0 spiro atoms. The Morgan fingerprint density at radius 3 is 2.63 bits per heavy atom. The number of H-pyrrole nitrogens is 1. The molecule has 1 aromatic heterocycles. The van der Waals surface area contributed by atoms with E-state index < -0.39 is 24.2 Å². The summed E-state index contributed by atoms with van der Waals surface area (Å²) in [5, 5.41) is 34.4. The van der Waals surface area contributed by atoms with E-state index in [1.807, 2.05) is 38.1 Å². The van der Waals surface area contributed by atoms with Gasteiger partial charge >= 0.3 is 0 Å². The predicted molar refractivity (Wildman–Crippen MR) is 172 cm³/mol. The second-order valence-electron chi connectivity index (χ2n) is 11.1. The van der Waals surface area contributed by atoms with E-state index in [-0.39, 0.29) is 44.4 Å². The number of amides is 2. The first kappa shape index (κ1) is 32.8. The molecule has 0 unspecified atom stereocenters. The van der Waals surface area contributed by atoms with E-state index in [9.17, 15) is 24.9 Å². The summed E-state index contributed by atoms with van der Waals surface area (Å²) in [4.78, 5) is 31.9. The van der Waals surface area contributed by atoms with Crippen molar-refractivity contribution in [3.05, 3.63) is 68.9 Å². The number of nitrogens with one attached hydrogen (secondary N) is 2. The first-order valence-corrected chi connectivity index (χ1v) is 15.5. The Kier molecular flexibility index (Phi) is 11.5. The van der Waals surface area contributed by atoms with Crippen LogP contribution in [0.5, 0.6) is 11.5 Å². The minimum atomic E-state index is -1.16. The van der Waals surface area contributed by atoms with Crippen LogP contribution < -0.4 is 14.8 Å². The summed E-state index contributed by atoms with van der Waals surface area (Å²) in [5.74, 6) is 0.301. The van der Waals surface area contributed by atoms with Crippen molar-refractivity contribution in [1.29, 1.82) is 0 Å². The van der Waals surface area contributed by atoms with Gasteiger partial charge in [-0.1, -0.05) is 32.0 Å². The number of para-hydroxylation sites is 1. The van der Waals surface area contributed by atoms with Gasteiger partial charge in [-0.25, -0.2) is 0 Å². The molecule has 1 heterocycles. The molecular formula is C32H40IN3O7. The average Bonchev–Trinajstić information content (AvgIpc) is 3.40. The Hall–Kier alpha value is -3.13. The maximum Gasteiger partial charge on any atom is 0.247 e.